The normalized spacial score (nSPS) is 23.1. The van der Waals surface area contributed by atoms with Crippen molar-refractivity contribution in [2.75, 3.05) is 19.6 Å². The number of primary amides is 1. The number of piperidine rings is 1. The summed E-state index contributed by atoms with van der Waals surface area (Å²) in [5, 5.41) is 2.87. The highest BCUT2D eigenvalue weighted by Crippen LogP contribution is 2.09. The molecule has 0 spiro atoms. The van der Waals surface area contributed by atoms with E-state index in [9.17, 15) is 9.59 Å². The average molecular weight is 242 g/mol. The lowest BCUT2D eigenvalue weighted by molar-refractivity contribution is -0.127. The molecule has 2 amide bonds. The number of likely N-dealkylation sites (tertiary alicyclic amines) is 1. The minimum Gasteiger partial charge on any atom is -0.370 e. The van der Waals surface area contributed by atoms with Crippen molar-refractivity contribution in [2.24, 2.45) is 11.5 Å². The van der Waals surface area contributed by atoms with Crippen LogP contribution in [0.4, 0.5) is 0 Å². The van der Waals surface area contributed by atoms with Gasteiger partial charge in [0.1, 0.15) is 0 Å². The molecule has 1 rings (SSSR count). The van der Waals surface area contributed by atoms with Crippen LogP contribution >= 0.6 is 0 Å². The largest absolute Gasteiger partial charge is 0.370 e. The number of nitrogens with two attached hydrogens (primary N) is 2. The van der Waals surface area contributed by atoms with Crippen LogP contribution < -0.4 is 16.8 Å². The lowest BCUT2D eigenvalue weighted by Gasteiger charge is -2.32. The van der Waals surface area contributed by atoms with E-state index in [0.29, 0.717) is 0 Å². The third-order valence-corrected chi connectivity index (χ3v) is 3.06. The van der Waals surface area contributed by atoms with Gasteiger partial charge in [0.2, 0.25) is 11.8 Å². The zero-order valence-electron chi connectivity index (χ0n) is 10.3. The minimum absolute atomic E-state index is 0.101. The quantitative estimate of drug-likeness (QED) is 0.563. The van der Waals surface area contributed by atoms with Gasteiger partial charge >= 0.3 is 0 Å². The van der Waals surface area contributed by atoms with Gasteiger partial charge in [-0.15, -0.1) is 0 Å². The second kappa shape index (κ2) is 6.56. The molecule has 6 heteroatoms. The van der Waals surface area contributed by atoms with Crippen molar-refractivity contribution >= 4 is 11.8 Å². The maximum absolute atomic E-state index is 11.7. The number of nitrogens with one attached hydrogen (secondary N) is 1. The van der Waals surface area contributed by atoms with Crippen LogP contribution in [0.15, 0.2) is 0 Å². The molecule has 98 valence electrons. The summed E-state index contributed by atoms with van der Waals surface area (Å²) in [5.41, 5.74) is 10.6. The molecule has 1 fully saturated rings. The zero-order valence-corrected chi connectivity index (χ0v) is 10.3. The molecule has 0 aromatic carbocycles. The van der Waals surface area contributed by atoms with Crippen molar-refractivity contribution in [3.8, 4) is 0 Å². The van der Waals surface area contributed by atoms with E-state index in [0.717, 1.165) is 32.5 Å². The van der Waals surface area contributed by atoms with Gasteiger partial charge in [0.25, 0.3) is 0 Å². The number of carbonyl (C=O) groups excluding carboxylic acids is 2. The van der Waals surface area contributed by atoms with E-state index in [4.69, 9.17) is 11.5 Å². The van der Waals surface area contributed by atoms with Crippen LogP contribution in [0.25, 0.3) is 0 Å². The summed E-state index contributed by atoms with van der Waals surface area (Å²) in [5.74, 6) is -0.835. The van der Waals surface area contributed by atoms with Gasteiger partial charge in [0.15, 0.2) is 0 Å². The summed E-state index contributed by atoms with van der Waals surface area (Å²) >= 11 is 0. The standard InChI is InChI=1S/C11H22N4O2/c1-2-15-5-3-4-8(7-15)14-11(17)9(12)6-10(13)16/h8-9H,2-7,12H2,1H3,(H2,13,16)(H,14,17). The van der Waals surface area contributed by atoms with Gasteiger partial charge in [-0.1, -0.05) is 6.92 Å². The monoisotopic (exact) mass is 242 g/mol. The first-order valence-corrected chi connectivity index (χ1v) is 6.09. The van der Waals surface area contributed by atoms with Gasteiger partial charge in [0, 0.05) is 12.6 Å². The Bertz CT molecular complexity index is 283. The summed E-state index contributed by atoms with van der Waals surface area (Å²) in [6.07, 6.45) is 1.94. The van der Waals surface area contributed by atoms with Gasteiger partial charge in [-0.3, -0.25) is 9.59 Å². The highest BCUT2D eigenvalue weighted by Gasteiger charge is 2.23. The number of amides is 2. The fraction of sp³-hybridized carbons (Fsp3) is 0.818. The Hall–Kier alpha value is -1.14. The minimum atomic E-state index is -0.829. The molecular weight excluding hydrogens is 220 g/mol. The Balaban J connectivity index is 2.37. The third-order valence-electron chi connectivity index (χ3n) is 3.06. The van der Waals surface area contributed by atoms with Crippen molar-refractivity contribution in [1.29, 1.82) is 0 Å². The van der Waals surface area contributed by atoms with Gasteiger partial charge < -0.3 is 21.7 Å². The topological polar surface area (TPSA) is 101 Å². The number of rotatable bonds is 5. The van der Waals surface area contributed by atoms with Crippen LogP contribution in [0.5, 0.6) is 0 Å². The van der Waals surface area contributed by atoms with Crippen molar-refractivity contribution in [3.63, 3.8) is 0 Å². The molecule has 0 aliphatic carbocycles. The molecule has 6 nitrogen and oxygen atoms in total. The van der Waals surface area contributed by atoms with Gasteiger partial charge in [0.05, 0.1) is 12.5 Å². The summed E-state index contributed by atoms with van der Waals surface area (Å²) < 4.78 is 0. The molecule has 1 aliphatic heterocycles. The maximum Gasteiger partial charge on any atom is 0.237 e. The van der Waals surface area contributed by atoms with Crippen LogP contribution in [0.1, 0.15) is 26.2 Å². The molecule has 0 aromatic heterocycles. The van der Waals surface area contributed by atoms with E-state index in [1.807, 2.05) is 0 Å². The molecule has 5 N–H and O–H groups in total. The summed E-state index contributed by atoms with van der Waals surface area (Å²) in [6.45, 7) is 5.02. The van der Waals surface area contributed by atoms with Crippen LogP contribution in [0.3, 0.4) is 0 Å². The third kappa shape index (κ3) is 4.70. The first-order chi connectivity index (χ1) is 8.02. The molecule has 0 bridgehead atoms. The molecule has 1 saturated heterocycles. The van der Waals surface area contributed by atoms with Crippen molar-refractivity contribution in [3.05, 3.63) is 0 Å². The van der Waals surface area contributed by atoms with E-state index in [2.05, 4.69) is 17.1 Å². The highest BCUT2D eigenvalue weighted by molar-refractivity contribution is 5.87. The van der Waals surface area contributed by atoms with E-state index < -0.39 is 11.9 Å². The van der Waals surface area contributed by atoms with E-state index in [1.54, 1.807) is 0 Å². The second-order valence-electron chi connectivity index (χ2n) is 4.52. The first kappa shape index (κ1) is 13.9. The van der Waals surface area contributed by atoms with Crippen LogP contribution in [-0.4, -0.2) is 48.4 Å². The lowest BCUT2D eigenvalue weighted by Crippen LogP contribution is -2.52. The smallest absolute Gasteiger partial charge is 0.237 e. The highest BCUT2D eigenvalue weighted by atomic mass is 16.2. The van der Waals surface area contributed by atoms with Crippen LogP contribution in [0.2, 0.25) is 0 Å². The molecule has 2 unspecified atom stereocenters. The number of hydrogen-bond acceptors (Lipinski definition) is 4. The Morgan fingerprint density at radius 1 is 1.53 bits per heavy atom. The zero-order chi connectivity index (χ0) is 12.8. The summed E-state index contributed by atoms with van der Waals surface area (Å²) in [7, 11) is 0. The number of hydrogen-bond donors (Lipinski definition) is 3. The molecule has 0 aromatic rings. The molecular formula is C11H22N4O2. The maximum atomic E-state index is 11.7. The fourth-order valence-electron chi connectivity index (χ4n) is 2.08. The molecule has 0 radical (unpaired) electrons. The lowest BCUT2D eigenvalue weighted by atomic mass is 10.0. The summed E-state index contributed by atoms with van der Waals surface area (Å²) in [6, 6.07) is -0.695. The average Bonchev–Trinajstić information content (AvgIpc) is 2.28. The molecule has 1 aliphatic rings. The SMILES string of the molecule is CCN1CCCC(NC(=O)C(N)CC(N)=O)C1. The Morgan fingerprint density at radius 3 is 2.82 bits per heavy atom. The van der Waals surface area contributed by atoms with E-state index in [1.165, 1.54) is 0 Å². The Kier molecular flexibility index (Phi) is 5.37. The Labute approximate surface area is 102 Å². The van der Waals surface area contributed by atoms with Gasteiger partial charge in [-0.2, -0.15) is 0 Å². The molecule has 2 atom stereocenters. The van der Waals surface area contributed by atoms with Gasteiger partial charge in [-0.25, -0.2) is 0 Å². The predicted octanol–water partition coefficient (Wildman–Crippen LogP) is -1.21. The van der Waals surface area contributed by atoms with Crippen molar-refractivity contribution < 1.29 is 9.59 Å². The van der Waals surface area contributed by atoms with Crippen molar-refractivity contribution in [2.45, 2.75) is 38.3 Å². The molecule has 1 heterocycles. The molecule has 17 heavy (non-hydrogen) atoms. The van der Waals surface area contributed by atoms with E-state index in [-0.39, 0.29) is 18.4 Å². The second-order valence-corrected chi connectivity index (χ2v) is 4.52. The van der Waals surface area contributed by atoms with Gasteiger partial charge in [-0.05, 0) is 25.9 Å². The number of carbonyl (C=O) groups is 2. The predicted molar refractivity (Wildman–Crippen MR) is 65.1 cm³/mol. The van der Waals surface area contributed by atoms with E-state index >= 15 is 0 Å². The summed E-state index contributed by atoms with van der Waals surface area (Å²) in [4.78, 5) is 24.6. The number of nitrogens with zero attached hydrogens (tertiary/aromatic N) is 1. The molecule has 0 saturated carbocycles. The Morgan fingerprint density at radius 2 is 2.24 bits per heavy atom. The number of likely N-dealkylation sites (N-methyl/N-ethyl adjacent to an activating group) is 1. The van der Waals surface area contributed by atoms with Crippen molar-refractivity contribution in [1.82, 2.24) is 10.2 Å². The fourth-order valence-corrected chi connectivity index (χ4v) is 2.08. The van der Waals surface area contributed by atoms with Crippen LogP contribution in [-0.2, 0) is 9.59 Å². The first-order valence-electron chi connectivity index (χ1n) is 6.09. The van der Waals surface area contributed by atoms with Crippen LogP contribution in [0, 0.1) is 0 Å².